The molecule has 0 unspecified atom stereocenters. The number of hydrogen-bond donors (Lipinski definition) is 1. The van der Waals surface area contributed by atoms with Gasteiger partial charge < -0.3 is 19.3 Å². The monoisotopic (exact) mass is 532 g/mol. The zero-order chi connectivity index (χ0) is 27.2. The third kappa shape index (κ3) is 6.81. The van der Waals surface area contributed by atoms with Crippen LogP contribution in [0.25, 0.3) is 6.08 Å². The van der Waals surface area contributed by atoms with Crippen molar-refractivity contribution in [3.63, 3.8) is 0 Å². The van der Waals surface area contributed by atoms with Crippen molar-refractivity contribution in [3.05, 3.63) is 47.2 Å². The number of esters is 1. The molecule has 2 heterocycles. The van der Waals surface area contributed by atoms with Gasteiger partial charge in [-0.1, -0.05) is 38.5 Å². The lowest BCUT2D eigenvalue weighted by Crippen LogP contribution is -2.44. The maximum Gasteiger partial charge on any atom is 0.305 e. The Morgan fingerprint density at radius 3 is 2.73 bits per heavy atom. The van der Waals surface area contributed by atoms with Crippen LogP contribution in [0.4, 0.5) is 5.69 Å². The summed E-state index contributed by atoms with van der Waals surface area (Å²) in [6.45, 7) is 7.71. The topological polar surface area (TPSA) is 115 Å². The number of aliphatic hydroxyl groups is 1. The van der Waals surface area contributed by atoms with E-state index in [1.54, 1.807) is 19.1 Å². The molecule has 37 heavy (non-hydrogen) atoms. The van der Waals surface area contributed by atoms with Gasteiger partial charge in [-0.15, -0.1) is 0 Å². The number of ether oxygens (including phenoxy) is 3. The van der Waals surface area contributed by atoms with E-state index < -0.39 is 22.1 Å². The van der Waals surface area contributed by atoms with E-state index in [-0.39, 0.29) is 43.4 Å². The molecule has 3 rings (SSSR count). The van der Waals surface area contributed by atoms with Crippen LogP contribution in [0.1, 0.15) is 51.2 Å². The van der Waals surface area contributed by atoms with Gasteiger partial charge in [0.2, 0.25) is 5.88 Å². The first-order valence-corrected chi connectivity index (χ1v) is 13.9. The van der Waals surface area contributed by atoms with Crippen LogP contribution in [0.5, 0.6) is 11.6 Å². The lowest BCUT2D eigenvalue weighted by molar-refractivity contribution is -0.141. The van der Waals surface area contributed by atoms with Crippen molar-refractivity contribution >= 4 is 27.8 Å². The average molecular weight is 533 g/mol. The largest absolute Gasteiger partial charge is 0.486 e. The molecule has 0 fully saturated rings. The van der Waals surface area contributed by atoms with E-state index in [0.717, 1.165) is 12.0 Å². The van der Waals surface area contributed by atoms with E-state index in [2.05, 4.69) is 31.8 Å². The highest BCUT2D eigenvalue weighted by atomic mass is 32.2. The molecule has 1 aromatic heterocycles. The smallest absolute Gasteiger partial charge is 0.305 e. The van der Waals surface area contributed by atoms with Crippen molar-refractivity contribution in [3.8, 4) is 11.6 Å². The maximum absolute atomic E-state index is 14.1. The molecular weight excluding hydrogens is 496 g/mol. The molecule has 1 aliphatic heterocycles. The van der Waals surface area contributed by atoms with Gasteiger partial charge in [-0.2, -0.15) is 0 Å². The molecule has 9 nitrogen and oxygen atoms in total. The summed E-state index contributed by atoms with van der Waals surface area (Å²) in [5, 5.41) is 9.20. The second-order valence-corrected chi connectivity index (χ2v) is 11.1. The molecule has 1 N–H and O–H groups in total. The van der Waals surface area contributed by atoms with Gasteiger partial charge in [0.15, 0.2) is 0 Å². The molecule has 1 aliphatic rings. The number of allylic oxidation sites excluding steroid dienone is 1. The van der Waals surface area contributed by atoms with E-state index >= 15 is 0 Å². The lowest BCUT2D eigenvalue weighted by Gasteiger charge is -2.36. The molecule has 0 aliphatic carbocycles. The predicted molar refractivity (Wildman–Crippen MR) is 141 cm³/mol. The van der Waals surface area contributed by atoms with E-state index in [9.17, 15) is 18.3 Å². The number of methoxy groups -OCH3 is 1. The molecule has 0 radical (unpaired) electrons. The number of benzene rings is 1. The highest BCUT2D eigenvalue weighted by molar-refractivity contribution is 7.93. The van der Waals surface area contributed by atoms with Gasteiger partial charge in [0.1, 0.15) is 23.4 Å². The Balaban J connectivity index is 2.11. The van der Waals surface area contributed by atoms with E-state index in [0.29, 0.717) is 22.9 Å². The van der Waals surface area contributed by atoms with Crippen LogP contribution >= 0.6 is 0 Å². The third-order valence-electron chi connectivity index (χ3n) is 6.17. The van der Waals surface area contributed by atoms with Gasteiger partial charge in [0.25, 0.3) is 10.0 Å². The first-order valence-electron chi connectivity index (χ1n) is 12.4. The molecule has 0 amide bonds. The molecule has 10 heteroatoms. The number of aryl methyl sites for hydroxylation is 1. The standard InChI is InChI=1S/C27H36N2O7S/c1-6-21(18(2)3)14-20-7-9-24-23(15-20)29(17-22(36-24)8-10-26(31)34-5)37(32,33)25-13-19(4)16-28-27(25)35-12-11-30/h7,9,13-16,18,22,30H,6,8,10-12,17H2,1-5H3/b21-14+/t22-/m0/s1. The Morgan fingerprint density at radius 1 is 1.32 bits per heavy atom. The van der Waals surface area contributed by atoms with Gasteiger partial charge in [-0.3, -0.25) is 9.10 Å². The van der Waals surface area contributed by atoms with Gasteiger partial charge in [-0.05, 0) is 55.0 Å². The zero-order valence-corrected chi connectivity index (χ0v) is 22.9. The molecule has 0 saturated heterocycles. The van der Waals surface area contributed by atoms with E-state index in [1.807, 2.05) is 6.07 Å². The van der Waals surface area contributed by atoms with Crippen LogP contribution in [-0.2, 0) is 19.6 Å². The number of carbonyl (C=O) groups excluding carboxylic acids is 1. The molecule has 1 aromatic carbocycles. The first kappa shape index (κ1) is 28.5. The number of hydrogen-bond acceptors (Lipinski definition) is 8. The van der Waals surface area contributed by atoms with Crippen molar-refractivity contribution in [2.75, 3.05) is 31.2 Å². The lowest BCUT2D eigenvalue weighted by atomic mass is 9.98. The number of aromatic nitrogens is 1. The molecule has 2 aromatic rings. The minimum Gasteiger partial charge on any atom is -0.486 e. The summed E-state index contributed by atoms with van der Waals surface area (Å²) in [6.07, 6.45) is 4.28. The normalized spacial score (nSPS) is 15.8. The number of rotatable bonds is 11. The SMILES string of the molecule is CC/C(=C\c1ccc2c(c1)N(S(=O)(=O)c1cc(C)cnc1OCCO)C[C@H](CCC(=O)OC)O2)C(C)C. The highest BCUT2D eigenvalue weighted by Gasteiger charge is 2.37. The Kier molecular flexibility index (Phi) is 9.56. The highest BCUT2D eigenvalue weighted by Crippen LogP contribution is 2.40. The van der Waals surface area contributed by atoms with Crippen LogP contribution in [0.2, 0.25) is 0 Å². The molecule has 0 bridgehead atoms. The predicted octanol–water partition coefficient (Wildman–Crippen LogP) is 4.12. The van der Waals surface area contributed by atoms with Crippen molar-refractivity contribution < 1.29 is 32.5 Å². The quantitative estimate of drug-likeness (QED) is 0.430. The number of anilines is 1. The Bertz CT molecular complexity index is 1240. The summed E-state index contributed by atoms with van der Waals surface area (Å²) in [6, 6.07) is 6.97. The fourth-order valence-corrected chi connectivity index (χ4v) is 5.82. The second-order valence-electron chi connectivity index (χ2n) is 9.23. The van der Waals surface area contributed by atoms with Crippen LogP contribution in [0.3, 0.4) is 0 Å². The Hall–Kier alpha value is -3.11. The van der Waals surface area contributed by atoms with E-state index in [4.69, 9.17) is 14.2 Å². The summed E-state index contributed by atoms with van der Waals surface area (Å²) < 4.78 is 45.9. The maximum atomic E-state index is 14.1. The van der Waals surface area contributed by atoms with Crippen LogP contribution < -0.4 is 13.8 Å². The first-order chi connectivity index (χ1) is 17.6. The minimum absolute atomic E-state index is 0.00229. The van der Waals surface area contributed by atoms with E-state index in [1.165, 1.54) is 29.3 Å². The second kappa shape index (κ2) is 12.4. The number of nitrogens with zero attached hydrogens (tertiary/aromatic N) is 2. The molecule has 202 valence electrons. The van der Waals surface area contributed by atoms with Crippen LogP contribution in [0.15, 0.2) is 40.9 Å². The number of sulfonamides is 1. The average Bonchev–Trinajstić information content (AvgIpc) is 2.88. The van der Waals surface area contributed by atoms with Crippen molar-refractivity contribution in [2.24, 2.45) is 5.92 Å². The Labute approximate surface area is 219 Å². The summed E-state index contributed by atoms with van der Waals surface area (Å²) in [4.78, 5) is 15.8. The fraction of sp³-hybridized carbons (Fsp3) is 0.481. The minimum atomic E-state index is -4.16. The van der Waals surface area contributed by atoms with Crippen LogP contribution in [-0.4, -0.2) is 57.4 Å². The van der Waals surface area contributed by atoms with Crippen molar-refractivity contribution in [2.45, 2.75) is 58.0 Å². The molecular formula is C27H36N2O7S. The summed E-state index contributed by atoms with van der Waals surface area (Å²) in [5.41, 5.74) is 3.15. The summed E-state index contributed by atoms with van der Waals surface area (Å²) >= 11 is 0. The van der Waals surface area contributed by atoms with Gasteiger partial charge in [0.05, 0.1) is 25.9 Å². The number of fused-ring (bicyclic) bond motifs is 1. The van der Waals surface area contributed by atoms with Gasteiger partial charge in [0, 0.05) is 12.6 Å². The van der Waals surface area contributed by atoms with Gasteiger partial charge in [-0.25, -0.2) is 13.4 Å². The van der Waals surface area contributed by atoms with Crippen LogP contribution in [0, 0.1) is 12.8 Å². The van der Waals surface area contributed by atoms with Gasteiger partial charge >= 0.3 is 5.97 Å². The summed E-state index contributed by atoms with van der Waals surface area (Å²) in [7, 11) is -2.84. The Morgan fingerprint density at radius 2 is 2.08 bits per heavy atom. The zero-order valence-electron chi connectivity index (χ0n) is 22.1. The number of pyridine rings is 1. The number of carbonyl (C=O) groups is 1. The third-order valence-corrected chi connectivity index (χ3v) is 7.94. The molecule has 0 spiro atoms. The number of aliphatic hydroxyl groups excluding tert-OH is 1. The summed E-state index contributed by atoms with van der Waals surface area (Å²) in [5.74, 6) is 0.280. The molecule has 1 atom stereocenters. The molecule has 0 saturated carbocycles. The fourth-order valence-electron chi connectivity index (χ4n) is 4.15. The van der Waals surface area contributed by atoms with Crippen molar-refractivity contribution in [1.82, 2.24) is 4.98 Å². The van der Waals surface area contributed by atoms with Crippen molar-refractivity contribution in [1.29, 1.82) is 0 Å².